The molecule has 0 bridgehead atoms. The molecule has 8 nitrogen and oxygen atoms in total. The van der Waals surface area contributed by atoms with E-state index in [4.69, 9.17) is 4.74 Å². The molecular weight excluding hydrogens is 346 g/mol. The molecule has 1 amide bonds. The van der Waals surface area contributed by atoms with Crippen molar-refractivity contribution in [3.05, 3.63) is 47.2 Å². The zero-order valence-corrected chi connectivity index (χ0v) is 15.9. The highest BCUT2D eigenvalue weighted by atomic mass is 16.5. The maximum Gasteiger partial charge on any atom is 0.255 e. The summed E-state index contributed by atoms with van der Waals surface area (Å²) in [6.45, 7) is 6.11. The summed E-state index contributed by atoms with van der Waals surface area (Å²) in [7, 11) is 1.57. The van der Waals surface area contributed by atoms with Gasteiger partial charge < -0.3 is 19.7 Å². The summed E-state index contributed by atoms with van der Waals surface area (Å²) >= 11 is 0. The van der Waals surface area contributed by atoms with Crippen molar-refractivity contribution in [1.29, 1.82) is 0 Å². The third-order valence-corrected chi connectivity index (χ3v) is 4.31. The first-order chi connectivity index (χ1) is 12.9. The van der Waals surface area contributed by atoms with E-state index in [-0.39, 0.29) is 12.5 Å². The number of hydrogen-bond acceptors (Lipinski definition) is 6. The van der Waals surface area contributed by atoms with Gasteiger partial charge >= 0.3 is 0 Å². The number of fused-ring (bicyclic) bond motifs is 1. The van der Waals surface area contributed by atoms with Crippen LogP contribution in [0.5, 0.6) is 5.88 Å². The molecule has 0 fully saturated rings. The number of aliphatic hydroxyl groups is 1. The zero-order valence-electron chi connectivity index (χ0n) is 15.9. The number of carbonyl (C=O) groups is 1. The molecule has 0 aliphatic rings. The number of nitrogens with one attached hydrogen (secondary N) is 1. The number of aryl methyl sites for hydroxylation is 1. The lowest BCUT2D eigenvalue weighted by Crippen LogP contribution is -2.30. The molecule has 0 spiro atoms. The highest BCUT2D eigenvalue weighted by molar-refractivity contribution is 6.05. The van der Waals surface area contributed by atoms with Crippen LogP contribution in [0.2, 0.25) is 0 Å². The van der Waals surface area contributed by atoms with Crippen molar-refractivity contribution >= 4 is 16.9 Å². The van der Waals surface area contributed by atoms with Crippen LogP contribution in [0.4, 0.5) is 0 Å². The zero-order chi connectivity index (χ0) is 19.6. The van der Waals surface area contributed by atoms with Crippen molar-refractivity contribution in [2.75, 3.05) is 13.7 Å². The third kappa shape index (κ3) is 3.90. The number of aromatic nitrogens is 4. The number of pyridine rings is 1. The number of nitrogens with zero attached hydrogens (tertiary/aromatic N) is 4. The first kappa shape index (κ1) is 18.8. The molecule has 1 atom stereocenters. The molecule has 27 heavy (non-hydrogen) atoms. The molecule has 0 saturated heterocycles. The minimum Gasteiger partial charge on any atom is -0.481 e. The molecular formula is C19H23N5O3. The van der Waals surface area contributed by atoms with Crippen molar-refractivity contribution in [3.8, 4) is 5.88 Å². The van der Waals surface area contributed by atoms with Gasteiger partial charge in [-0.2, -0.15) is 0 Å². The number of amides is 1. The molecule has 3 heterocycles. The molecule has 3 rings (SSSR count). The molecule has 8 heteroatoms. The standard InChI is InChI=1S/C19H23N5O3/c1-11-5-16-17(20-6-11)14(18(26)21-7-12(2)25)8-24(16)9-15-13(3)19(27-4)23-10-22-15/h5-6,8,10,12,25H,7,9H2,1-4H3,(H,21,26)/t12-/m1/s1. The van der Waals surface area contributed by atoms with E-state index < -0.39 is 6.10 Å². The van der Waals surface area contributed by atoms with E-state index in [1.807, 2.05) is 24.5 Å². The number of methoxy groups -OCH3 is 1. The molecule has 0 unspecified atom stereocenters. The fraction of sp³-hybridized carbons (Fsp3) is 0.368. The summed E-state index contributed by atoms with van der Waals surface area (Å²) in [5.74, 6) is 0.258. The fourth-order valence-electron chi connectivity index (χ4n) is 2.89. The Kier molecular flexibility index (Phi) is 5.36. The minimum absolute atomic E-state index is 0.180. The second-order valence-corrected chi connectivity index (χ2v) is 6.56. The van der Waals surface area contributed by atoms with Crippen LogP contribution >= 0.6 is 0 Å². The maximum atomic E-state index is 12.6. The molecule has 0 aliphatic carbocycles. The summed E-state index contributed by atoms with van der Waals surface area (Å²) in [5.41, 5.74) is 4.56. The Labute approximate surface area is 157 Å². The van der Waals surface area contributed by atoms with Crippen LogP contribution in [-0.4, -0.2) is 50.3 Å². The minimum atomic E-state index is -0.617. The van der Waals surface area contributed by atoms with Gasteiger partial charge in [0.05, 0.1) is 36.5 Å². The van der Waals surface area contributed by atoms with Crippen LogP contribution in [0.3, 0.4) is 0 Å². The van der Waals surface area contributed by atoms with E-state index in [1.165, 1.54) is 6.33 Å². The van der Waals surface area contributed by atoms with E-state index in [0.29, 0.717) is 23.5 Å². The SMILES string of the molecule is COc1ncnc(Cn2cc(C(=O)NC[C@@H](C)O)c3ncc(C)cc32)c1C. The summed E-state index contributed by atoms with van der Waals surface area (Å²) in [4.78, 5) is 25.5. The predicted molar refractivity (Wildman–Crippen MR) is 101 cm³/mol. The van der Waals surface area contributed by atoms with Gasteiger partial charge in [0.2, 0.25) is 5.88 Å². The van der Waals surface area contributed by atoms with E-state index in [1.54, 1.807) is 26.4 Å². The van der Waals surface area contributed by atoms with Crippen LogP contribution in [0.25, 0.3) is 11.0 Å². The lowest BCUT2D eigenvalue weighted by molar-refractivity contribution is 0.0925. The van der Waals surface area contributed by atoms with Gasteiger partial charge in [0.1, 0.15) is 11.8 Å². The van der Waals surface area contributed by atoms with Crippen LogP contribution in [0.15, 0.2) is 24.8 Å². The molecule has 3 aromatic heterocycles. The highest BCUT2D eigenvalue weighted by Gasteiger charge is 2.18. The lowest BCUT2D eigenvalue weighted by Gasteiger charge is -2.10. The third-order valence-electron chi connectivity index (χ3n) is 4.31. The Hall–Kier alpha value is -3.00. The smallest absolute Gasteiger partial charge is 0.255 e. The van der Waals surface area contributed by atoms with Crippen molar-refractivity contribution in [1.82, 2.24) is 24.8 Å². The summed E-state index contributed by atoms with van der Waals surface area (Å²) in [6, 6.07) is 1.99. The van der Waals surface area contributed by atoms with Crippen molar-refractivity contribution in [2.24, 2.45) is 0 Å². The van der Waals surface area contributed by atoms with Gasteiger partial charge in [-0.1, -0.05) is 0 Å². The average molecular weight is 369 g/mol. The van der Waals surface area contributed by atoms with Gasteiger partial charge in [-0.05, 0) is 32.4 Å². The summed E-state index contributed by atoms with van der Waals surface area (Å²) in [6.07, 6.45) is 4.35. The monoisotopic (exact) mass is 369 g/mol. The molecule has 0 aromatic carbocycles. The quantitative estimate of drug-likeness (QED) is 0.684. The Morgan fingerprint density at radius 1 is 1.33 bits per heavy atom. The highest BCUT2D eigenvalue weighted by Crippen LogP contribution is 2.23. The summed E-state index contributed by atoms with van der Waals surface area (Å²) < 4.78 is 7.21. The van der Waals surface area contributed by atoms with Gasteiger partial charge in [-0.25, -0.2) is 9.97 Å². The van der Waals surface area contributed by atoms with E-state index in [0.717, 1.165) is 22.3 Å². The van der Waals surface area contributed by atoms with Gasteiger partial charge in [0.15, 0.2) is 0 Å². The predicted octanol–water partition coefficient (Wildman–Crippen LogP) is 1.61. The van der Waals surface area contributed by atoms with Crippen LogP contribution in [0.1, 0.15) is 34.1 Å². The number of hydrogen-bond donors (Lipinski definition) is 2. The maximum absolute atomic E-state index is 12.6. The topological polar surface area (TPSA) is 102 Å². The number of rotatable bonds is 6. The van der Waals surface area contributed by atoms with Crippen LogP contribution < -0.4 is 10.1 Å². The molecule has 3 aromatic rings. The van der Waals surface area contributed by atoms with Gasteiger partial charge in [-0.3, -0.25) is 9.78 Å². The average Bonchev–Trinajstić information content (AvgIpc) is 2.99. The largest absolute Gasteiger partial charge is 0.481 e. The van der Waals surface area contributed by atoms with Gasteiger partial charge in [0, 0.05) is 24.5 Å². The van der Waals surface area contributed by atoms with E-state index >= 15 is 0 Å². The lowest BCUT2D eigenvalue weighted by atomic mass is 10.2. The molecule has 0 saturated carbocycles. The second-order valence-electron chi connectivity index (χ2n) is 6.56. The Morgan fingerprint density at radius 2 is 2.11 bits per heavy atom. The molecule has 0 radical (unpaired) electrons. The number of aliphatic hydroxyl groups excluding tert-OH is 1. The number of ether oxygens (including phenoxy) is 1. The van der Waals surface area contributed by atoms with Gasteiger partial charge in [0.25, 0.3) is 5.91 Å². The van der Waals surface area contributed by atoms with Crippen LogP contribution in [-0.2, 0) is 6.54 Å². The first-order valence-electron chi connectivity index (χ1n) is 8.67. The van der Waals surface area contributed by atoms with E-state index in [2.05, 4.69) is 20.3 Å². The van der Waals surface area contributed by atoms with Gasteiger partial charge in [-0.15, -0.1) is 0 Å². The Morgan fingerprint density at radius 3 is 2.81 bits per heavy atom. The fourth-order valence-corrected chi connectivity index (χ4v) is 2.89. The molecule has 0 aliphatic heterocycles. The molecule has 2 N–H and O–H groups in total. The van der Waals surface area contributed by atoms with Crippen LogP contribution in [0, 0.1) is 13.8 Å². The normalized spacial score (nSPS) is 12.2. The molecule has 142 valence electrons. The Balaban J connectivity index is 2.03. The van der Waals surface area contributed by atoms with Crippen molar-refractivity contribution in [3.63, 3.8) is 0 Å². The van der Waals surface area contributed by atoms with Crippen molar-refractivity contribution < 1.29 is 14.6 Å². The number of carbonyl (C=O) groups excluding carboxylic acids is 1. The summed E-state index contributed by atoms with van der Waals surface area (Å²) in [5, 5.41) is 12.1. The second kappa shape index (κ2) is 7.71. The first-order valence-corrected chi connectivity index (χ1v) is 8.67. The van der Waals surface area contributed by atoms with E-state index in [9.17, 15) is 9.90 Å². The van der Waals surface area contributed by atoms with Crippen molar-refractivity contribution in [2.45, 2.75) is 33.4 Å². The Bertz CT molecular complexity index is 981.